The zero-order valence-corrected chi connectivity index (χ0v) is 81.2. The van der Waals surface area contributed by atoms with Crippen LogP contribution in [0.1, 0.15) is 148 Å². The van der Waals surface area contributed by atoms with Crippen molar-refractivity contribution in [2.24, 2.45) is 17.6 Å². The number of benzene rings is 11. The van der Waals surface area contributed by atoms with Gasteiger partial charge < -0.3 is 83.4 Å². The SMILES string of the molecule is CC(=O)O.COC(=O)C1CC(=O)NC1c1ccccc1.COC(=O)[C@@]1(Sc2ccc(C)cc2)CC(=O)NC1c1ccccc1.Cc1ccc(S)cc1.Cc1ccc(S[C@]2(C(=O)O)CC(=O)NC2c2ccccc2)cc1.N.N[C@H]1CC(=O)NC1c1ccccc1.O=C1C=CC(=O)O1.O=C1C[C@H](C(=O)O)C(c2ccccc2)N1.O=C1C[C@H](NC(=O)OCc2ccccc2)C(c2ccccc2)N1.O=Cc1ccccc1. The Morgan fingerprint density at radius 1 is 0.430 bits per heavy atom. The fourth-order valence-corrected chi connectivity index (χ4v) is 18.2. The molecule has 7 heterocycles. The molecule has 11 aromatic rings. The summed E-state index contributed by atoms with van der Waals surface area (Å²) in [7, 11) is 2.71. The van der Waals surface area contributed by atoms with E-state index >= 15 is 0 Å². The average molecular weight is 1990 g/mol. The molecule has 0 spiro atoms. The number of nitrogens with one attached hydrogen (secondary N) is 7. The van der Waals surface area contributed by atoms with Crippen LogP contribution < -0.4 is 49.1 Å². The number of amides is 7. The summed E-state index contributed by atoms with van der Waals surface area (Å²) in [5, 5.41) is 46.1. The van der Waals surface area contributed by atoms with Crippen LogP contribution in [0.3, 0.4) is 0 Å². The highest BCUT2D eigenvalue weighted by molar-refractivity contribution is 8.01. The maximum atomic E-state index is 12.7. The summed E-state index contributed by atoms with van der Waals surface area (Å²) in [6, 6.07) is 96.8. The lowest BCUT2D eigenvalue weighted by molar-refractivity contribution is -0.150. The number of aryl methyl sites for hydroxylation is 3. The average Bonchev–Trinajstić information content (AvgIpc) is 1.60. The number of carbonyl (C=O) groups is 15. The molecule has 0 aliphatic carbocycles. The van der Waals surface area contributed by atoms with Crippen LogP contribution >= 0.6 is 36.2 Å². The summed E-state index contributed by atoms with van der Waals surface area (Å²) in [4.78, 5) is 170. The van der Waals surface area contributed by atoms with E-state index in [1.165, 1.54) is 43.3 Å². The number of hydrogen-bond acceptors (Lipinski definition) is 24. The van der Waals surface area contributed by atoms with Gasteiger partial charge in [0.05, 0.1) is 81.2 Å². The Morgan fingerprint density at radius 2 is 0.768 bits per heavy atom. The van der Waals surface area contributed by atoms with Crippen molar-refractivity contribution in [3.05, 3.63) is 389 Å². The third kappa shape index (κ3) is 34.5. The normalized spacial score (nSPS) is 20.8. The first kappa shape index (κ1) is 112. The molecule has 7 amide bonds. The molecule has 11 aromatic carbocycles. The summed E-state index contributed by atoms with van der Waals surface area (Å²) in [5.41, 5.74) is 16.5. The molecule has 6 saturated heterocycles. The topological polar surface area (TPSA) is 499 Å². The number of ether oxygens (including phenoxy) is 4. The monoisotopic (exact) mass is 1980 g/mol. The molecule has 7 unspecified atom stereocenters. The van der Waals surface area contributed by atoms with Crippen LogP contribution in [0.2, 0.25) is 0 Å². The zero-order chi connectivity index (χ0) is 102. The molecule has 0 bridgehead atoms. The van der Waals surface area contributed by atoms with Gasteiger partial charge in [-0.15, -0.1) is 36.2 Å². The van der Waals surface area contributed by atoms with Gasteiger partial charge in [-0.25, -0.2) is 14.4 Å². The summed E-state index contributed by atoms with van der Waals surface area (Å²) < 4.78 is 16.7. The number of esters is 4. The van der Waals surface area contributed by atoms with Crippen LogP contribution in [0.15, 0.2) is 342 Å². The molecule has 7 aliphatic heterocycles. The van der Waals surface area contributed by atoms with Gasteiger partial charge in [0.2, 0.25) is 35.4 Å². The molecular weight excluding hydrogens is 1870 g/mol. The predicted octanol–water partition coefficient (Wildman–Crippen LogP) is 15.2. The standard InChI is InChI=1S/C19H19NO3S.C18H18N2O3.C18H17NO3S.C12H13NO3.C11H11NO3.C10H12N2O.C7H6O.C7H8S.C4H2O3.C2H4O2.H3N/c1-13-8-10-15(11-9-13)24-19(18(22)23-2)12-16(21)20-17(19)14-6-4-3-5-7-14;21-16-11-15(17(20-16)14-9-5-2-6-10-14)19-18(22)23-12-13-7-3-1-4-8-13;1-12-7-9-14(10-8-12)23-18(17(21)22)11-15(20)19-16(18)13-5-3-2-4-6-13;1-16-12(15)9-7-10(14)13-11(9)8-5-3-2-4-6-8;13-9-6-8(11(14)15)10(12-9)7-4-2-1-3-5-7;11-8-6-9(13)12-10(8)7-4-2-1-3-5-7;8-6-7-4-2-1-3-5-7;1-6-2-4-7(8)5-3-6;5-3-1-2-4(6)7-3;1-2(3)4;/h3-11,17H,12H2,1-2H3,(H,20,21);1-10,15,17H,11-12H2,(H,19,22)(H,20,21);2-10,16H,11H2,1H3,(H,19,20)(H,21,22);2-6,9,11H,7H2,1H3,(H,13,14);1-5,8,10H,6H2,(H,12,13)(H,14,15);1-5,8,10H,6,11H2,(H,12,13);1-6H;2-5,8H,1H3;1-2H;1H3,(H,3,4);1H3/t17?,19-;15-,17?;16?,18-;;2*8-,10?;;;;;/m101.00...../s1. The molecule has 740 valence electrons. The first-order chi connectivity index (χ1) is 67.7. The van der Waals surface area contributed by atoms with E-state index in [0.29, 0.717) is 6.42 Å². The Labute approximate surface area is 836 Å². The van der Waals surface area contributed by atoms with Gasteiger partial charge >= 0.3 is 41.9 Å². The number of rotatable bonds is 18. The van der Waals surface area contributed by atoms with Crippen LogP contribution in [0.4, 0.5) is 4.79 Å². The second-order valence-corrected chi connectivity index (χ2v) is 36.1. The fourth-order valence-electron chi connectivity index (χ4n) is 15.4. The minimum Gasteiger partial charge on any atom is -0.481 e. The van der Waals surface area contributed by atoms with Gasteiger partial charge in [0, 0.05) is 71.1 Å². The molecule has 0 aromatic heterocycles. The van der Waals surface area contributed by atoms with Gasteiger partial charge in [-0.1, -0.05) is 296 Å². The van der Waals surface area contributed by atoms with Gasteiger partial charge in [-0.05, 0) is 96.1 Å². The number of carboxylic acid groups (broad SMARTS) is 3. The van der Waals surface area contributed by atoms with Crippen LogP contribution in [-0.4, -0.2) is 141 Å². The Bertz CT molecular complexity index is 6020. The number of hydrogen-bond donors (Lipinski definition) is 13. The number of aldehydes is 1. The van der Waals surface area contributed by atoms with Gasteiger partial charge in [0.25, 0.3) is 5.97 Å². The maximum absolute atomic E-state index is 12.7. The van der Waals surface area contributed by atoms with Crippen LogP contribution in [-0.2, 0) is 87.9 Å². The van der Waals surface area contributed by atoms with Crippen molar-refractivity contribution in [2.45, 2.75) is 145 Å². The van der Waals surface area contributed by atoms with Gasteiger partial charge in [0.15, 0.2) is 9.49 Å². The van der Waals surface area contributed by atoms with E-state index in [1.807, 2.05) is 317 Å². The third-order valence-corrected chi connectivity index (χ3v) is 25.4. The number of alkyl carbamates (subject to hydrolysis) is 1. The van der Waals surface area contributed by atoms with E-state index in [-0.39, 0.29) is 122 Å². The Balaban J connectivity index is 0.000000199. The highest BCUT2D eigenvalue weighted by atomic mass is 32.2. The van der Waals surface area contributed by atoms with Crippen molar-refractivity contribution in [1.29, 1.82) is 0 Å². The summed E-state index contributed by atoms with van der Waals surface area (Å²) >= 11 is 6.76. The molecule has 6 fully saturated rings. The summed E-state index contributed by atoms with van der Waals surface area (Å²) in [6.45, 7) is 7.34. The zero-order valence-electron chi connectivity index (χ0n) is 78.6. The second-order valence-electron chi connectivity index (χ2n) is 32.7. The van der Waals surface area contributed by atoms with Crippen molar-refractivity contribution in [3.63, 3.8) is 0 Å². The number of methoxy groups -OCH3 is 2. The molecule has 0 radical (unpaired) electrons. The van der Waals surface area contributed by atoms with Crippen molar-refractivity contribution >= 4 is 126 Å². The maximum Gasteiger partial charge on any atom is 0.407 e. The van der Waals surface area contributed by atoms with Crippen molar-refractivity contribution < 1.29 is 106 Å². The van der Waals surface area contributed by atoms with Gasteiger partial charge in [-0.2, -0.15) is 0 Å². The lowest BCUT2D eigenvalue weighted by Crippen LogP contribution is -2.41. The second kappa shape index (κ2) is 56.4. The highest BCUT2D eigenvalue weighted by Gasteiger charge is 2.57. The molecule has 31 nitrogen and oxygen atoms in total. The Hall–Kier alpha value is -15.6. The molecule has 0 saturated carbocycles. The number of aliphatic carboxylic acids is 3. The Morgan fingerprint density at radius 3 is 1.13 bits per heavy atom. The number of thiol groups is 1. The summed E-state index contributed by atoms with van der Waals surface area (Å²) in [6.07, 6.45) is 3.49. The number of thioether (sulfide) groups is 2. The van der Waals surface area contributed by atoms with Crippen molar-refractivity contribution in [1.82, 2.24) is 43.4 Å². The largest absolute Gasteiger partial charge is 0.481 e. The van der Waals surface area contributed by atoms with E-state index < -0.39 is 75.4 Å². The van der Waals surface area contributed by atoms with E-state index in [2.05, 4.69) is 61.5 Å². The quantitative estimate of drug-likeness (QED) is 0.0125. The molecule has 7 aliphatic rings. The highest BCUT2D eigenvalue weighted by Crippen LogP contribution is 2.51. The minimum absolute atomic E-state index is 0. The number of carbonyl (C=O) groups excluding carboxylic acids is 12. The van der Waals surface area contributed by atoms with Gasteiger partial charge in [0.1, 0.15) is 12.9 Å². The van der Waals surface area contributed by atoms with E-state index in [9.17, 15) is 72.2 Å². The molecule has 18 rings (SSSR count). The van der Waals surface area contributed by atoms with E-state index in [4.69, 9.17) is 35.0 Å². The molecule has 34 heteroatoms. The summed E-state index contributed by atoms with van der Waals surface area (Å²) in [5.74, 6) is -6.41. The van der Waals surface area contributed by atoms with E-state index in [0.717, 1.165) is 95.7 Å². The minimum atomic E-state index is -1.24. The van der Waals surface area contributed by atoms with E-state index in [1.54, 1.807) is 12.1 Å². The first-order valence-corrected chi connectivity index (χ1v) is 46.6. The number of nitrogens with two attached hydrogens (primary N) is 1. The third-order valence-electron chi connectivity index (χ3n) is 22.2. The lowest BCUT2D eigenvalue weighted by Gasteiger charge is -2.31. The number of cyclic esters (lactones) is 2. The lowest BCUT2D eigenvalue weighted by atomic mass is 9.93. The van der Waals surface area contributed by atoms with Crippen molar-refractivity contribution in [2.75, 3.05) is 14.2 Å². The van der Waals surface area contributed by atoms with Crippen molar-refractivity contribution in [3.8, 4) is 0 Å². The molecular formula is C108H113N9O22S3. The Kier molecular flexibility index (Phi) is 44.4. The first-order valence-electron chi connectivity index (χ1n) is 44.5. The molecule has 15 N–H and O–H groups in total. The number of carboxylic acids is 3. The van der Waals surface area contributed by atoms with Crippen LogP contribution in [0, 0.1) is 32.6 Å². The fraction of sp³-hybridized carbons (Fsp3) is 0.231. The smallest absolute Gasteiger partial charge is 0.407 e. The molecule has 12 atom stereocenters. The van der Waals surface area contributed by atoms with Gasteiger partial charge in [-0.3, -0.25) is 57.5 Å². The molecule has 142 heavy (non-hydrogen) atoms. The van der Waals surface area contributed by atoms with Crippen LogP contribution in [0.25, 0.3) is 0 Å². The predicted molar refractivity (Wildman–Crippen MR) is 538 cm³/mol. The van der Waals surface area contributed by atoms with Crippen LogP contribution in [0.5, 0.6) is 0 Å².